The standard InChI is InChI=1S/C12H20N6O3/c1-5-6-17(7-9(19)16(3)4)12-10(18(20)21)11(13-2)14-8-15-12/h8H,5-7H2,1-4H3,(H,13,14,15). The molecule has 0 fully saturated rings. The van der Waals surface area contributed by atoms with Gasteiger partial charge in [0.05, 0.1) is 11.5 Å². The summed E-state index contributed by atoms with van der Waals surface area (Å²) in [5, 5.41) is 14.0. The van der Waals surface area contributed by atoms with Gasteiger partial charge in [-0.1, -0.05) is 6.92 Å². The largest absolute Gasteiger partial charge is 0.367 e. The highest BCUT2D eigenvalue weighted by atomic mass is 16.6. The van der Waals surface area contributed by atoms with Crippen molar-refractivity contribution in [2.45, 2.75) is 13.3 Å². The van der Waals surface area contributed by atoms with Crippen molar-refractivity contribution in [2.24, 2.45) is 0 Å². The van der Waals surface area contributed by atoms with Gasteiger partial charge in [0.2, 0.25) is 17.5 Å². The van der Waals surface area contributed by atoms with Crippen molar-refractivity contribution in [3.05, 3.63) is 16.4 Å². The number of carbonyl (C=O) groups excluding carboxylic acids is 1. The van der Waals surface area contributed by atoms with Crippen LogP contribution in [0.25, 0.3) is 0 Å². The molecule has 9 heteroatoms. The number of nitro groups is 1. The maximum Gasteiger partial charge on any atom is 0.353 e. The zero-order valence-electron chi connectivity index (χ0n) is 12.7. The first kappa shape index (κ1) is 16.6. The lowest BCUT2D eigenvalue weighted by Crippen LogP contribution is -2.38. The highest BCUT2D eigenvalue weighted by Gasteiger charge is 2.27. The minimum atomic E-state index is -0.538. The van der Waals surface area contributed by atoms with Gasteiger partial charge in [0, 0.05) is 27.7 Å². The van der Waals surface area contributed by atoms with E-state index in [0.717, 1.165) is 6.42 Å². The molecule has 0 aromatic carbocycles. The lowest BCUT2D eigenvalue weighted by Gasteiger charge is -2.24. The molecular formula is C12H20N6O3. The summed E-state index contributed by atoms with van der Waals surface area (Å²) in [6.07, 6.45) is 1.98. The minimum absolute atomic E-state index is 0.0296. The average Bonchev–Trinajstić information content (AvgIpc) is 2.45. The first-order valence-corrected chi connectivity index (χ1v) is 6.54. The van der Waals surface area contributed by atoms with Gasteiger partial charge in [-0.3, -0.25) is 14.9 Å². The van der Waals surface area contributed by atoms with Crippen LogP contribution in [-0.4, -0.2) is 59.9 Å². The van der Waals surface area contributed by atoms with Crippen LogP contribution in [0.4, 0.5) is 17.3 Å². The summed E-state index contributed by atoms with van der Waals surface area (Å²) in [7, 11) is 4.83. The number of hydrogen-bond acceptors (Lipinski definition) is 7. The molecule has 1 heterocycles. The fraction of sp³-hybridized carbons (Fsp3) is 0.583. The zero-order valence-corrected chi connectivity index (χ0v) is 12.7. The van der Waals surface area contributed by atoms with Gasteiger partial charge in [0.1, 0.15) is 6.33 Å². The lowest BCUT2D eigenvalue weighted by molar-refractivity contribution is -0.383. The molecule has 9 nitrogen and oxygen atoms in total. The van der Waals surface area contributed by atoms with Gasteiger partial charge in [0.25, 0.3) is 0 Å². The van der Waals surface area contributed by atoms with Crippen molar-refractivity contribution in [1.82, 2.24) is 14.9 Å². The van der Waals surface area contributed by atoms with Crippen LogP contribution in [0.5, 0.6) is 0 Å². The second kappa shape index (κ2) is 7.36. The molecule has 1 amide bonds. The quantitative estimate of drug-likeness (QED) is 0.584. The molecule has 0 aliphatic rings. The number of carbonyl (C=O) groups is 1. The van der Waals surface area contributed by atoms with Crippen LogP contribution in [-0.2, 0) is 4.79 Å². The fourth-order valence-electron chi connectivity index (χ4n) is 1.79. The average molecular weight is 296 g/mol. The summed E-state index contributed by atoms with van der Waals surface area (Å²) >= 11 is 0. The third-order valence-corrected chi connectivity index (χ3v) is 2.84. The van der Waals surface area contributed by atoms with Gasteiger partial charge >= 0.3 is 5.69 Å². The second-order valence-electron chi connectivity index (χ2n) is 4.61. The van der Waals surface area contributed by atoms with E-state index in [1.165, 1.54) is 11.2 Å². The third kappa shape index (κ3) is 4.01. The Kier molecular flexibility index (Phi) is 5.82. The lowest BCUT2D eigenvalue weighted by atomic mass is 10.3. The summed E-state index contributed by atoms with van der Waals surface area (Å²) in [5.74, 6) is 0.127. The van der Waals surface area contributed by atoms with Crippen LogP contribution in [0.2, 0.25) is 0 Å². The van der Waals surface area contributed by atoms with E-state index in [1.54, 1.807) is 26.0 Å². The molecule has 0 radical (unpaired) electrons. The Hall–Kier alpha value is -2.45. The molecule has 21 heavy (non-hydrogen) atoms. The van der Waals surface area contributed by atoms with E-state index in [4.69, 9.17) is 0 Å². The Bertz CT molecular complexity index is 520. The van der Waals surface area contributed by atoms with Gasteiger partial charge < -0.3 is 15.1 Å². The number of nitrogens with zero attached hydrogens (tertiary/aromatic N) is 5. The van der Waals surface area contributed by atoms with Crippen molar-refractivity contribution in [2.75, 3.05) is 44.4 Å². The monoisotopic (exact) mass is 296 g/mol. The molecule has 1 rings (SSSR count). The zero-order chi connectivity index (χ0) is 16.0. The topological polar surface area (TPSA) is 104 Å². The second-order valence-corrected chi connectivity index (χ2v) is 4.61. The predicted octanol–water partition coefficient (Wildman–Crippen LogP) is 0.731. The highest BCUT2D eigenvalue weighted by molar-refractivity contribution is 5.82. The Morgan fingerprint density at radius 1 is 1.43 bits per heavy atom. The molecule has 0 spiro atoms. The van der Waals surface area contributed by atoms with Crippen molar-refractivity contribution in [3.8, 4) is 0 Å². The minimum Gasteiger partial charge on any atom is -0.367 e. The summed E-state index contributed by atoms with van der Waals surface area (Å²) < 4.78 is 0. The molecule has 0 atom stereocenters. The maximum absolute atomic E-state index is 11.9. The van der Waals surface area contributed by atoms with Gasteiger partial charge in [-0.15, -0.1) is 0 Å². The van der Waals surface area contributed by atoms with Crippen molar-refractivity contribution < 1.29 is 9.72 Å². The van der Waals surface area contributed by atoms with Crippen LogP contribution >= 0.6 is 0 Å². The van der Waals surface area contributed by atoms with Gasteiger partial charge in [-0.2, -0.15) is 0 Å². The van der Waals surface area contributed by atoms with Crippen LogP contribution < -0.4 is 10.2 Å². The van der Waals surface area contributed by atoms with Crippen molar-refractivity contribution in [3.63, 3.8) is 0 Å². The van der Waals surface area contributed by atoms with E-state index in [-0.39, 0.29) is 29.8 Å². The molecule has 0 aliphatic heterocycles. The summed E-state index contributed by atoms with van der Waals surface area (Å²) in [4.78, 5) is 33.5. The van der Waals surface area contributed by atoms with E-state index in [0.29, 0.717) is 6.54 Å². The SMILES string of the molecule is CCCN(CC(=O)N(C)C)c1ncnc(NC)c1[N+](=O)[O-]. The molecule has 1 N–H and O–H groups in total. The molecule has 0 saturated heterocycles. The van der Waals surface area contributed by atoms with E-state index in [9.17, 15) is 14.9 Å². The number of likely N-dealkylation sites (N-methyl/N-ethyl adjacent to an activating group) is 1. The number of anilines is 2. The highest BCUT2D eigenvalue weighted by Crippen LogP contribution is 2.31. The van der Waals surface area contributed by atoms with Gasteiger partial charge in [-0.25, -0.2) is 9.97 Å². The number of rotatable bonds is 7. The van der Waals surface area contributed by atoms with E-state index in [1.807, 2.05) is 6.92 Å². The van der Waals surface area contributed by atoms with Crippen LogP contribution in [0, 0.1) is 10.1 Å². The fourth-order valence-corrected chi connectivity index (χ4v) is 1.79. The molecule has 116 valence electrons. The van der Waals surface area contributed by atoms with Crippen LogP contribution in [0.15, 0.2) is 6.33 Å². The maximum atomic E-state index is 11.9. The first-order chi connectivity index (χ1) is 9.92. The molecule has 0 saturated carbocycles. The van der Waals surface area contributed by atoms with E-state index < -0.39 is 4.92 Å². The van der Waals surface area contributed by atoms with Crippen molar-refractivity contribution in [1.29, 1.82) is 0 Å². The number of nitrogens with one attached hydrogen (secondary N) is 1. The summed E-state index contributed by atoms with van der Waals surface area (Å²) in [5.41, 5.74) is -0.222. The van der Waals surface area contributed by atoms with E-state index in [2.05, 4.69) is 15.3 Å². The molecular weight excluding hydrogens is 276 g/mol. The Morgan fingerprint density at radius 3 is 2.57 bits per heavy atom. The van der Waals surface area contributed by atoms with E-state index >= 15 is 0 Å². The third-order valence-electron chi connectivity index (χ3n) is 2.84. The summed E-state index contributed by atoms with van der Waals surface area (Å²) in [6.45, 7) is 2.45. The first-order valence-electron chi connectivity index (χ1n) is 6.54. The number of hydrogen-bond donors (Lipinski definition) is 1. The molecule has 0 unspecified atom stereocenters. The normalized spacial score (nSPS) is 10.1. The molecule has 0 bridgehead atoms. The van der Waals surface area contributed by atoms with Crippen LogP contribution in [0.3, 0.4) is 0 Å². The Morgan fingerprint density at radius 2 is 2.10 bits per heavy atom. The molecule has 1 aromatic rings. The smallest absolute Gasteiger partial charge is 0.353 e. The Labute approximate surface area is 123 Å². The summed E-state index contributed by atoms with van der Waals surface area (Å²) in [6, 6.07) is 0. The van der Waals surface area contributed by atoms with Gasteiger partial charge in [-0.05, 0) is 6.42 Å². The predicted molar refractivity (Wildman–Crippen MR) is 79.4 cm³/mol. The number of aromatic nitrogens is 2. The molecule has 1 aromatic heterocycles. The molecule has 0 aliphatic carbocycles. The van der Waals surface area contributed by atoms with Gasteiger partial charge in [0.15, 0.2) is 0 Å². The van der Waals surface area contributed by atoms with Crippen molar-refractivity contribution >= 4 is 23.2 Å². The van der Waals surface area contributed by atoms with Crippen LogP contribution in [0.1, 0.15) is 13.3 Å². The number of amides is 1. The Balaban J connectivity index is 3.24.